The number of nitrogen functional groups attached to an aromatic ring is 1. The van der Waals surface area contributed by atoms with Gasteiger partial charge in [0.2, 0.25) is 11.9 Å². The fourth-order valence-electron chi connectivity index (χ4n) is 2.45. The van der Waals surface area contributed by atoms with Crippen LogP contribution < -0.4 is 11.1 Å². The number of likely N-dealkylation sites (tertiary alicyclic amines) is 1. The average Bonchev–Trinajstić information content (AvgIpc) is 2.35. The van der Waals surface area contributed by atoms with Gasteiger partial charge in [0.05, 0.1) is 0 Å². The van der Waals surface area contributed by atoms with Crippen LogP contribution in [0.4, 0.5) is 11.8 Å². The normalized spacial score (nSPS) is 19.3. The second kappa shape index (κ2) is 5.86. The number of nitrogens with one attached hydrogen (secondary N) is 1. The number of anilines is 2. The van der Waals surface area contributed by atoms with Gasteiger partial charge < -0.3 is 16.0 Å². The van der Waals surface area contributed by atoms with E-state index in [1.54, 1.807) is 6.92 Å². The zero-order valence-corrected chi connectivity index (χ0v) is 11.5. The molecule has 0 spiro atoms. The summed E-state index contributed by atoms with van der Waals surface area (Å²) >= 11 is 0. The molecule has 1 fully saturated rings. The van der Waals surface area contributed by atoms with E-state index in [4.69, 9.17) is 5.73 Å². The van der Waals surface area contributed by atoms with Crippen molar-refractivity contribution in [1.29, 1.82) is 0 Å². The molecule has 6 nitrogen and oxygen atoms in total. The van der Waals surface area contributed by atoms with E-state index in [1.165, 1.54) is 0 Å². The standard InChI is InChI=1S/C13H21N5O/c1-9-6-12(17-13(14)16-9)15-7-11-4-3-5-18(8-11)10(2)19/h6,11H,3-5,7-8H2,1-2H3,(H3,14,15,16,17). The Morgan fingerprint density at radius 3 is 3.05 bits per heavy atom. The minimum absolute atomic E-state index is 0.159. The fraction of sp³-hybridized carbons (Fsp3) is 0.615. The molecule has 6 heteroatoms. The third kappa shape index (κ3) is 3.81. The second-order valence-electron chi connectivity index (χ2n) is 5.11. The Kier molecular flexibility index (Phi) is 4.19. The van der Waals surface area contributed by atoms with E-state index < -0.39 is 0 Å². The number of amides is 1. The number of aryl methyl sites for hydroxylation is 1. The van der Waals surface area contributed by atoms with Crippen LogP contribution in [0.5, 0.6) is 0 Å². The van der Waals surface area contributed by atoms with Gasteiger partial charge in [-0.2, -0.15) is 4.98 Å². The van der Waals surface area contributed by atoms with Crippen molar-refractivity contribution in [3.05, 3.63) is 11.8 Å². The zero-order chi connectivity index (χ0) is 13.8. The molecule has 1 unspecified atom stereocenters. The van der Waals surface area contributed by atoms with Gasteiger partial charge in [-0.15, -0.1) is 0 Å². The van der Waals surface area contributed by atoms with Crippen LogP contribution in [-0.2, 0) is 4.79 Å². The molecule has 1 saturated heterocycles. The first-order valence-corrected chi connectivity index (χ1v) is 6.65. The van der Waals surface area contributed by atoms with Crippen LogP contribution in [0.25, 0.3) is 0 Å². The molecule has 1 aromatic heterocycles. The molecule has 0 aliphatic carbocycles. The molecule has 3 N–H and O–H groups in total. The summed E-state index contributed by atoms with van der Waals surface area (Å²) in [6, 6.07) is 1.88. The number of carbonyl (C=O) groups is 1. The van der Waals surface area contributed by atoms with Crippen molar-refractivity contribution >= 4 is 17.7 Å². The summed E-state index contributed by atoms with van der Waals surface area (Å²) in [6.45, 7) is 6.03. The highest BCUT2D eigenvalue weighted by molar-refractivity contribution is 5.73. The maximum absolute atomic E-state index is 11.4. The monoisotopic (exact) mass is 263 g/mol. The summed E-state index contributed by atoms with van der Waals surface area (Å²) in [7, 11) is 0. The van der Waals surface area contributed by atoms with Gasteiger partial charge in [0, 0.05) is 38.3 Å². The smallest absolute Gasteiger partial charge is 0.222 e. The molecule has 1 aromatic rings. The Morgan fingerprint density at radius 2 is 2.37 bits per heavy atom. The number of nitrogens with two attached hydrogens (primary N) is 1. The van der Waals surface area contributed by atoms with Crippen LogP contribution in [0.3, 0.4) is 0 Å². The lowest BCUT2D eigenvalue weighted by atomic mass is 9.98. The van der Waals surface area contributed by atoms with Crippen molar-refractivity contribution in [3.8, 4) is 0 Å². The molecule has 19 heavy (non-hydrogen) atoms. The highest BCUT2D eigenvalue weighted by Gasteiger charge is 2.21. The summed E-state index contributed by atoms with van der Waals surface area (Å²) in [5.74, 6) is 1.67. The highest BCUT2D eigenvalue weighted by Crippen LogP contribution is 2.17. The number of hydrogen-bond donors (Lipinski definition) is 2. The molecule has 104 valence electrons. The summed E-state index contributed by atoms with van der Waals surface area (Å²) in [5, 5.41) is 3.29. The topological polar surface area (TPSA) is 84.1 Å². The van der Waals surface area contributed by atoms with Gasteiger partial charge in [0.25, 0.3) is 0 Å². The maximum atomic E-state index is 11.4. The number of rotatable bonds is 3. The lowest BCUT2D eigenvalue weighted by Crippen LogP contribution is -2.40. The third-order valence-corrected chi connectivity index (χ3v) is 3.41. The number of aromatic nitrogens is 2. The molecule has 1 atom stereocenters. The summed E-state index contributed by atoms with van der Waals surface area (Å²) in [5.41, 5.74) is 6.47. The van der Waals surface area contributed by atoms with Crippen LogP contribution in [0.2, 0.25) is 0 Å². The third-order valence-electron chi connectivity index (χ3n) is 3.41. The predicted molar refractivity (Wildman–Crippen MR) is 74.6 cm³/mol. The number of piperidine rings is 1. The fourth-order valence-corrected chi connectivity index (χ4v) is 2.45. The number of nitrogens with zero attached hydrogens (tertiary/aromatic N) is 3. The van der Waals surface area contributed by atoms with Crippen molar-refractivity contribution in [3.63, 3.8) is 0 Å². The van der Waals surface area contributed by atoms with Gasteiger partial charge in [-0.05, 0) is 25.7 Å². The van der Waals surface area contributed by atoms with E-state index in [2.05, 4.69) is 15.3 Å². The van der Waals surface area contributed by atoms with Gasteiger partial charge in [0.1, 0.15) is 5.82 Å². The van der Waals surface area contributed by atoms with Crippen LogP contribution in [-0.4, -0.2) is 40.4 Å². The SMILES string of the molecule is CC(=O)N1CCCC(CNc2cc(C)nc(N)n2)C1. The summed E-state index contributed by atoms with van der Waals surface area (Å²) in [4.78, 5) is 21.5. The molecule has 0 bridgehead atoms. The second-order valence-corrected chi connectivity index (χ2v) is 5.11. The van der Waals surface area contributed by atoms with Crippen molar-refractivity contribution in [1.82, 2.24) is 14.9 Å². The molecule has 2 rings (SSSR count). The first-order valence-electron chi connectivity index (χ1n) is 6.65. The van der Waals surface area contributed by atoms with Crippen LogP contribution in [0, 0.1) is 12.8 Å². The van der Waals surface area contributed by atoms with Crippen molar-refractivity contribution in [2.24, 2.45) is 5.92 Å². The summed E-state index contributed by atoms with van der Waals surface area (Å²) in [6.07, 6.45) is 2.20. The molecule has 0 saturated carbocycles. The first kappa shape index (κ1) is 13.6. The first-order chi connectivity index (χ1) is 9.04. The Balaban J connectivity index is 1.89. The lowest BCUT2D eigenvalue weighted by Gasteiger charge is -2.32. The highest BCUT2D eigenvalue weighted by atomic mass is 16.2. The molecule has 1 aliphatic heterocycles. The van der Waals surface area contributed by atoms with E-state index in [1.807, 2.05) is 17.9 Å². The van der Waals surface area contributed by atoms with Gasteiger partial charge in [0.15, 0.2) is 0 Å². The van der Waals surface area contributed by atoms with E-state index >= 15 is 0 Å². The number of hydrogen-bond acceptors (Lipinski definition) is 5. The van der Waals surface area contributed by atoms with Crippen LogP contribution in [0.15, 0.2) is 6.07 Å². The lowest BCUT2D eigenvalue weighted by molar-refractivity contribution is -0.130. The Bertz CT molecular complexity index is 442. The van der Waals surface area contributed by atoms with Gasteiger partial charge in [-0.1, -0.05) is 0 Å². The molecule has 0 aromatic carbocycles. The quantitative estimate of drug-likeness (QED) is 0.851. The Morgan fingerprint density at radius 1 is 1.58 bits per heavy atom. The Labute approximate surface area is 113 Å². The van der Waals surface area contributed by atoms with Crippen molar-refractivity contribution in [2.75, 3.05) is 30.7 Å². The summed E-state index contributed by atoms with van der Waals surface area (Å²) < 4.78 is 0. The Hall–Kier alpha value is -1.85. The van der Waals surface area contributed by atoms with E-state index in [0.717, 1.165) is 44.0 Å². The van der Waals surface area contributed by atoms with Crippen molar-refractivity contribution in [2.45, 2.75) is 26.7 Å². The average molecular weight is 263 g/mol. The molecular formula is C13H21N5O. The van der Waals surface area contributed by atoms with E-state index in [0.29, 0.717) is 5.92 Å². The molecule has 0 radical (unpaired) electrons. The predicted octanol–water partition coefficient (Wildman–Crippen LogP) is 1.04. The zero-order valence-electron chi connectivity index (χ0n) is 11.5. The minimum Gasteiger partial charge on any atom is -0.370 e. The number of carbonyl (C=O) groups excluding carboxylic acids is 1. The molecule has 1 aliphatic rings. The van der Waals surface area contributed by atoms with Gasteiger partial charge in [-0.3, -0.25) is 4.79 Å². The van der Waals surface area contributed by atoms with Gasteiger partial charge in [-0.25, -0.2) is 4.98 Å². The van der Waals surface area contributed by atoms with Crippen LogP contribution in [0.1, 0.15) is 25.5 Å². The molecular weight excluding hydrogens is 242 g/mol. The molecule has 2 heterocycles. The largest absolute Gasteiger partial charge is 0.370 e. The maximum Gasteiger partial charge on any atom is 0.222 e. The van der Waals surface area contributed by atoms with Gasteiger partial charge >= 0.3 is 0 Å². The van der Waals surface area contributed by atoms with E-state index in [9.17, 15) is 4.79 Å². The molecule has 1 amide bonds. The minimum atomic E-state index is 0.159. The van der Waals surface area contributed by atoms with Crippen LogP contribution >= 0.6 is 0 Å². The van der Waals surface area contributed by atoms with Crippen molar-refractivity contribution < 1.29 is 4.79 Å². The van der Waals surface area contributed by atoms with E-state index in [-0.39, 0.29) is 11.9 Å².